The van der Waals surface area contributed by atoms with Gasteiger partial charge < -0.3 is 10.2 Å². The Hall–Kier alpha value is -2.94. The summed E-state index contributed by atoms with van der Waals surface area (Å²) >= 11 is 0. The number of benzene rings is 1. The van der Waals surface area contributed by atoms with Gasteiger partial charge in [0.1, 0.15) is 6.07 Å². The van der Waals surface area contributed by atoms with Gasteiger partial charge in [-0.15, -0.1) is 10.2 Å². The van der Waals surface area contributed by atoms with Crippen molar-refractivity contribution in [2.45, 2.75) is 13.8 Å². The van der Waals surface area contributed by atoms with Gasteiger partial charge in [-0.1, -0.05) is 12.1 Å². The molecule has 0 aliphatic heterocycles. The maximum atomic E-state index is 12.2. The third-order valence-corrected chi connectivity index (χ3v) is 3.27. The third-order valence-electron chi connectivity index (χ3n) is 3.27. The number of aromatic nitrogens is 2. The molecule has 0 radical (unpaired) electrons. The predicted octanol–water partition coefficient (Wildman–Crippen LogP) is 2.45. The van der Waals surface area contributed by atoms with Gasteiger partial charge in [-0.3, -0.25) is 4.79 Å². The number of carbonyl (C=O) groups excluding carboxylic acids is 1. The summed E-state index contributed by atoms with van der Waals surface area (Å²) in [6, 6.07) is 12.2. The average molecular weight is 295 g/mol. The number of anilines is 2. The van der Waals surface area contributed by atoms with Crippen molar-refractivity contribution < 1.29 is 4.79 Å². The first kappa shape index (κ1) is 15.4. The van der Waals surface area contributed by atoms with Crippen molar-refractivity contribution in [1.29, 1.82) is 5.26 Å². The van der Waals surface area contributed by atoms with E-state index in [-0.39, 0.29) is 11.6 Å². The molecular formula is C16H17N5O. The SMILES string of the molecule is CCN(CC)c1ccc(C(=O)Nc2ccccc2C#N)nn1. The van der Waals surface area contributed by atoms with Crippen LogP contribution >= 0.6 is 0 Å². The Balaban J connectivity index is 2.15. The molecule has 0 aliphatic rings. The molecule has 22 heavy (non-hydrogen) atoms. The number of nitrogens with one attached hydrogen (secondary N) is 1. The van der Waals surface area contributed by atoms with Gasteiger partial charge in [0.25, 0.3) is 5.91 Å². The van der Waals surface area contributed by atoms with Crippen molar-refractivity contribution in [2.75, 3.05) is 23.3 Å². The van der Waals surface area contributed by atoms with E-state index in [4.69, 9.17) is 5.26 Å². The van der Waals surface area contributed by atoms with Crippen LogP contribution in [0, 0.1) is 11.3 Å². The minimum Gasteiger partial charge on any atom is -0.356 e. The summed E-state index contributed by atoms with van der Waals surface area (Å²) in [5, 5.41) is 19.7. The molecule has 2 aromatic rings. The molecule has 0 bridgehead atoms. The molecule has 0 saturated carbocycles. The Morgan fingerprint density at radius 3 is 2.50 bits per heavy atom. The monoisotopic (exact) mass is 295 g/mol. The summed E-state index contributed by atoms with van der Waals surface area (Å²) in [5.41, 5.74) is 1.08. The standard InChI is InChI=1S/C16H17N5O/c1-3-21(4-2)15-10-9-14(19-20-15)16(22)18-13-8-6-5-7-12(13)11-17/h5-10H,3-4H2,1-2H3,(H,18,22). The fraction of sp³-hybridized carbons (Fsp3) is 0.250. The van der Waals surface area contributed by atoms with Crippen LogP contribution in [0.2, 0.25) is 0 Å². The van der Waals surface area contributed by atoms with Crippen LogP contribution in [-0.2, 0) is 0 Å². The maximum absolute atomic E-state index is 12.2. The fourth-order valence-corrected chi connectivity index (χ4v) is 2.04. The smallest absolute Gasteiger partial charge is 0.276 e. The number of amides is 1. The summed E-state index contributed by atoms with van der Waals surface area (Å²) < 4.78 is 0. The highest BCUT2D eigenvalue weighted by molar-refractivity contribution is 6.03. The molecule has 0 saturated heterocycles. The second-order valence-corrected chi connectivity index (χ2v) is 4.56. The Morgan fingerprint density at radius 1 is 1.18 bits per heavy atom. The second-order valence-electron chi connectivity index (χ2n) is 4.56. The number of nitrogens with zero attached hydrogens (tertiary/aromatic N) is 4. The van der Waals surface area contributed by atoms with Crippen LogP contribution in [-0.4, -0.2) is 29.2 Å². The molecule has 0 atom stereocenters. The predicted molar refractivity (Wildman–Crippen MR) is 84.7 cm³/mol. The molecule has 2 rings (SSSR count). The first-order valence-electron chi connectivity index (χ1n) is 7.08. The summed E-state index contributed by atoms with van der Waals surface area (Å²) in [7, 11) is 0. The number of hydrogen-bond donors (Lipinski definition) is 1. The number of carbonyl (C=O) groups is 1. The lowest BCUT2D eigenvalue weighted by Crippen LogP contribution is -2.24. The van der Waals surface area contributed by atoms with E-state index in [1.54, 1.807) is 36.4 Å². The van der Waals surface area contributed by atoms with E-state index in [0.717, 1.165) is 18.9 Å². The van der Waals surface area contributed by atoms with Gasteiger partial charge >= 0.3 is 0 Å². The van der Waals surface area contributed by atoms with E-state index in [9.17, 15) is 4.79 Å². The van der Waals surface area contributed by atoms with Gasteiger partial charge in [-0.2, -0.15) is 5.26 Å². The third kappa shape index (κ3) is 3.38. The van der Waals surface area contributed by atoms with E-state index in [1.165, 1.54) is 0 Å². The van der Waals surface area contributed by atoms with E-state index in [0.29, 0.717) is 11.3 Å². The Bertz CT molecular complexity index is 686. The molecule has 1 N–H and O–H groups in total. The van der Waals surface area contributed by atoms with Crippen LogP contribution in [0.15, 0.2) is 36.4 Å². The molecule has 0 aliphatic carbocycles. The van der Waals surface area contributed by atoms with E-state index < -0.39 is 0 Å². The Morgan fingerprint density at radius 2 is 1.91 bits per heavy atom. The van der Waals surface area contributed by atoms with E-state index in [1.807, 2.05) is 24.8 Å². The van der Waals surface area contributed by atoms with Crippen molar-refractivity contribution >= 4 is 17.4 Å². The van der Waals surface area contributed by atoms with Gasteiger partial charge in [0.15, 0.2) is 11.5 Å². The molecular weight excluding hydrogens is 278 g/mol. The minimum atomic E-state index is -0.388. The number of hydrogen-bond acceptors (Lipinski definition) is 5. The molecule has 112 valence electrons. The van der Waals surface area contributed by atoms with Crippen LogP contribution in [0.25, 0.3) is 0 Å². The van der Waals surface area contributed by atoms with Crippen LogP contribution in [0.3, 0.4) is 0 Å². The largest absolute Gasteiger partial charge is 0.356 e. The van der Waals surface area contributed by atoms with E-state index >= 15 is 0 Å². The van der Waals surface area contributed by atoms with Crippen LogP contribution in [0.5, 0.6) is 0 Å². The van der Waals surface area contributed by atoms with Crippen LogP contribution in [0.1, 0.15) is 29.9 Å². The van der Waals surface area contributed by atoms with Gasteiger partial charge in [0.05, 0.1) is 11.3 Å². The average Bonchev–Trinajstić information content (AvgIpc) is 2.57. The van der Waals surface area contributed by atoms with Crippen molar-refractivity contribution in [3.05, 3.63) is 47.7 Å². The van der Waals surface area contributed by atoms with Gasteiger partial charge in [0, 0.05) is 13.1 Å². The maximum Gasteiger partial charge on any atom is 0.276 e. The molecule has 0 unspecified atom stereocenters. The summed E-state index contributed by atoms with van der Waals surface area (Å²) in [5.74, 6) is 0.347. The highest BCUT2D eigenvalue weighted by atomic mass is 16.1. The lowest BCUT2D eigenvalue weighted by atomic mass is 10.2. The molecule has 1 aromatic carbocycles. The zero-order chi connectivity index (χ0) is 15.9. The lowest BCUT2D eigenvalue weighted by Gasteiger charge is -2.18. The molecule has 0 spiro atoms. The Kier molecular flexibility index (Phi) is 5.04. The van der Waals surface area contributed by atoms with Gasteiger partial charge in [0.2, 0.25) is 0 Å². The normalized spacial score (nSPS) is 9.86. The molecule has 6 nitrogen and oxygen atoms in total. The van der Waals surface area contributed by atoms with Crippen molar-refractivity contribution in [3.63, 3.8) is 0 Å². The van der Waals surface area contributed by atoms with Crippen molar-refractivity contribution in [2.24, 2.45) is 0 Å². The van der Waals surface area contributed by atoms with Crippen LogP contribution < -0.4 is 10.2 Å². The summed E-state index contributed by atoms with van der Waals surface area (Å²) in [6.45, 7) is 5.72. The molecule has 0 fully saturated rings. The first-order chi connectivity index (χ1) is 10.7. The second kappa shape index (κ2) is 7.18. The lowest BCUT2D eigenvalue weighted by molar-refractivity contribution is 0.102. The first-order valence-corrected chi connectivity index (χ1v) is 7.08. The zero-order valence-electron chi connectivity index (χ0n) is 12.6. The Labute approximate surface area is 129 Å². The zero-order valence-corrected chi connectivity index (χ0v) is 12.6. The van der Waals surface area contributed by atoms with Gasteiger partial charge in [-0.25, -0.2) is 0 Å². The van der Waals surface area contributed by atoms with Crippen LogP contribution in [0.4, 0.5) is 11.5 Å². The number of nitriles is 1. The van der Waals surface area contributed by atoms with Gasteiger partial charge in [-0.05, 0) is 38.1 Å². The number of para-hydroxylation sites is 1. The highest BCUT2D eigenvalue weighted by Gasteiger charge is 2.12. The summed E-state index contributed by atoms with van der Waals surface area (Å²) in [6.07, 6.45) is 0. The highest BCUT2D eigenvalue weighted by Crippen LogP contribution is 2.15. The van der Waals surface area contributed by atoms with Crippen molar-refractivity contribution in [3.8, 4) is 6.07 Å². The topological polar surface area (TPSA) is 81.9 Å². The molecule has 6 heteroatoms. The molecule has 1 aromatic heterocycles. The van der Waals surface area contributed by atoms with Crippen molar-refractivity contribution in [1.82, 2.24) is 10.2 Å². The fourth-order valence-electron chi connectivity index (χ4n) is 2.04. The summed E-state index contributed by atoms with van der Waals surface area (Å²) in [4.78, 5) is 14.2. The molecule has 1 heterocycles. The quantitative estimate of drug-likeness (QED) is 0.916. The number of rotatable bonds is 5. The minimum absolute atomic E-state index is 0.212. The molecule has 1 amide bonds. The van der Waals surface area contributed by atoms with E-state index in [2.05, 4.69) is 15.5 Å².